The van der Waals surface area contributed by atoms with Crippen molar-refractivity contribution < 1.29 is 14.3 Å². The lowest BCUT2D eigenvalue weighted by Gasteiger charge is -2.59. The Morgan fingerprint density at radius 1 is 1.24 bits per heavy atom. The summed E-state index contributed by atoms with van der Waals surface area (Å²) in [4.78, 5) is 23.2. The Labute approximate surface area is 149 Å². The molecule has 1 aromatic carbocycles. The predicted molar refractivity (Wildman–Crippen MR) is 95.5 cm³/mol. The van der Waals surface area contributed by atoms with Crippen LogP contribution in [0.2, 0.25) is 0 Å². The number of aldehydes is 1. The van der Waals surface area contributed by atoms with E-state index in [0.717, 1.165) is 24.0 Å². The number of carbonyl (C=O) groups excluding carboxylic acids is 2. The summed E-state index contributed by atoms with van der Waals surface area (Å²) in [7, 11) is 0. The minimum absolute atomic E-state index is 0.000976. The molecule has 0 saturated heterocycles. The zero-order valence-corrected chi connectivity index (χ0v) is 14.9. The Bertz CT molecular complexity index is 634. The van der Waals surface area contributed by atoms with Crippen molar-refractivity contribution in [1.82, 2.24) is 5.32 Å². The van der Waals surface area contributed by atoms with Crippen LogP contribution in [0.3, 0.4) is 0 Å². The highest BCUT2D eigenvalue weighted by Crippen LogP contribution is 2.61. The average Bonchev–Trinajstić information content (AvgIpc) is 2.59. The summed E-state index contributed by atoms with van der Waals surface area (Å²) in [6, 6.07) is 7.11. The van der Waals surface area contributed by atoms with Crippen LogP contribution in [0.5, 0.6) is 5.75 Å². The number of hydrogen-bond donors (Lipinski definition) is 1. The number of benzene rings is 1. The zero-order valence-electron chi connectivity index (χ0n) is 14.9. The third-order valence-electron chi connectivity index (χ3n) is 6.75. The van der Waals surface area contributed by atoms with Crippen molar-refractivity contribution in [3.63, 3.8) is 0 Å². The Kier molecular flexibility index (Phi) is 4.30. The number of carbonyl (C=O) groups is 2. The minimum atomic E-state index is -0.0697. The van der Waals surface area contributed by atoms with Gasteiger partial charge >= 0.3 is 0 Å². The van der Waals surface area contributed by atoms with Crippen molar-refractivity contribution in [1.29, 1.82) is 0 Å². The standard InChI is InChI=1S/C21H27NO3/c1-14(21-9-16-5-17(10-21)7-18(6-16)11-21)22-20(24)13-25-19-4-2-3-15(8-19)12-23/h2-4,8,12,14,16-18H,5-7,9-11,13H2,1H3,(H,22,24)/t14-,16?,17?,18?,21?/m0/s1. The highest BCUT2D eigenvalue weighted by Gasteiger charge is 2.53. The topological polar surface area (TPSA) is 55.4 Å². The van der Waals surface area contributed by atoms with Crippen molar-refractivity contribution in [3.8, 4) is 5.75 Å². The first kappa shape index (κ1) is 16.6. The molecule has 0 heterocycles. The zero-order chi connectivity index (χ0) is 17.4. The molecule has 1 atom stereocenters. The van der Waals surface area contributed by atoms with Gasteiger partial charge in [0, 0.05) is 11.6 Å². The molecule has 1 amide bonds. The largest absolute Gasteiger partial charge is 0.484 e. The maximum atomic E-state index is 12.4. The van der Waals surface area contributed by atoms with Gasteiger partial charge in [-0.1, -0.05) is 12.1 Å². The Balaban J connectivity index is 1.34. The third-order valence-corrected chi connectivity index (χ3v) is 6.75. The first-order chi connectivity index (χ1) is 12.1. The molecule has 4 aliphatic rings. The van der Waals surface area contributed by atoms with Crippen LogP contribution in [-0.4, -0.2) is 24.8 Å². The van der Waals surface area contributed by atoms with Crippen LogP contribution in [0.4, 0.5) is 0 Å². The first-order valence-corrected chi connectivity index (χ1v) is 9.54. The van der Waals surface area contributed by atoms with E-state index in [2.05, 4.69) is 12.2 Å². The second-order valence-corrected chi connectivity index (χ2v) is 8.55. The van der Waals surface area contributed by atoms with E-state index in [1.807, 2.05) is 0 Å². The van der Waals surface area contributed by atoms with Crippen molar-refractivity contribution in [3.05, 3.63) is 29.8 Å². The molecule has 4 aliphatic carbocycles. The number of ether oxygens (including phenoxy) is 1. The molecular formula is C21H27NO3. The molecule has 0 radical (unpaired) electrons. The molecule has 1 N–H and O–H groups in total. The first-order valence-electron chi connectivity index (χ1n) is 9.54. The lowest BCUT2D eigenvalue weighted by atomic mass is 9.48. The summed E-state index contributed by atoms with van der Waals surface area (Å²) in [5.41, 5.74) is 0.863. The third kappa shape index (κ3) is 3.31. The van der Waals surface area contributed by atoms with E-state index in [1.54, 1.807) is 24.3 Å². The Morgan fingerprint density at radius 3 is 2.48 bits per heavy atom. The molecule has 0 spiro atoms. The van der Waals surface area contributed by atoms with E-state index in [9.17, 15) is 9.59 Å². The van der Waals surface area contributed by atoms with Gasteiger partial charge < -0.3 is 10.1 Å². The highest BCUT2D eigenvalue weighted by molar-refractivity contribution is 5.78. The fourth-order valence-electron chi connectivity index (χ4n) is 5.97. The smallest absolute Gasteiger partial charge is 0.258 e. The summed E-state index contributed by atoms with van der Waals surface area (Å²) in [5, 5.41) is 3.20. The van der Waals surface area contributed by atoms with Gasteiger partial charge in [0.15, 0.2) is 6.61 Å². The number of nitrogens with one attached hydrogen (secondary N) is 1. The van der Waals surface area contributed by atoms with Crippen LogP contribution in [0.25, 0.3) is 0 Å². The quantitative estimate of drug-likeness (QED) is 0.804. The fraction of sp³-hybridized carbons (Fsp3) is 0.619. The molecular weight excluding hydrogens is 314 g/mol. The molecule has 0 aliphatic heterocycles. The minimum Gasteiger partial charge on any atom is -0.484 e. The molecule has 4 bridgehead atoms. The van der Waals surface area contributed by atoms with Crippen LogP contribution in [0, 0.1) is 23.2 Å². The molecule has 25 heavy (non-hydrogen) atoms. The number of hydrogen-bond acceptors (Lipinski definition) is 3. The summed E-state index contributed by atoms with van der Waals surface area (Å²) >= 11 is 0. The SMILES string of the molecule is C[C@H](NC(=O)COc1cccc(C=O)c1)C12CC3CC(CC(C3)C1)C2. The van der Waals surface area contributed by atoms with Gasteiger partial charge in [0.05, 0.1) is 0 Å². The number of rotatable bonds is 6. The Morgan fingerprint density at radius 2 is 1.88 bits per heavy atom. The summed E-state index contributed by atoms with van der Waals surface area (Å²) in [5.74, 6) is 3.13. The Hall–Kier alpha value is -1.84. The summed E-state index contributed by atoms with van der Waals surface area (Å²) in [6.45, 7) is 2.18. The van der Waals surface area contributed by atoms with Crippen LogP contribution in [-0.2, 0) is 4.79 Å². The van der Waals surface area contributed by atoms with Gasteiger partial charge in [0.25, 0.3) is 5.91 Å². The number of amides is 1. The lowest BCUT2D eigenvalue weighted by Crippen LogP contribution is -2.56. The van der Waals surface area contributed by atoms with E-state index in [1.165, 1.54) is 38.5 Å². The highest BCUT2D eigenvalue weighted by atomic mass is 16.5. The molecule has 4 nitrogen and oxygen atoms in total. The molecule has 134 valence electrons. The molecule has 1 aromatic rings. The second-order valence-electron chi connectivity index (χ2n) is 8.55. The second kappa shape index (κ2) is 6.47. The van der Waals surface area contributed by atoms with E-state index in [4.69, 9.17) is 4.74 Å². The van der Waals surface area contributed by atoms with Crippen LogP contribution >= 0.6 is 0 Å². The average molecular weight is 341 g/mol. The fourth-order valence-corrected chi connectivity index (χ4v) is 5.97. The normalized spacial score (nSPS) is 33.7. The summed E-state index contributed by atoms with van der Waals surface area (Å²) < 4.78 is 5.56. The van der Waals surface area contributed by atoms with Gasteiger partial charge in [-0.2, -0.15) is 0 Å². The molecule has 4 heteroatoms. The van der Waals surface area contributed by atoms with Gasteiger partial charge in [-0.05, 0) is 80.8 Å². The molecule has 0 unspecified atom stereocenters. The van der Waals surface area contributed by atoms with Gasteiger partial charge in [0.1, 0.15) is 12.0 Å². The maximum absolute atomic E-state index is 12.4. The van der Waals surface area contributed by atoms with E-state index in [-0.39, 0.29) is 18.6 Å². The molecule has 4 saturated carbocycles. The van der Waals surface area contributed by atoms with Crippen molar-refractivity contribution in [2.75, 3.05) is 6.61 Å². The lowest BCUT2D eigenvalue weighted by molar-refractivity contribution is -0.127. The van der Waals surface area contributed by atoms with Gasteiger partial charge in [-0.3, -0.25) is 9.59 Å². The molecule has 4 fully saturated rings. The van der Waals surface area contributed by atoms with E-state index in [0.29, 0.717) is 16.7 Å². The monoisotopic (exact) mass is 341 g/mol. The predicted octanol–water partition coefficient (Wildman–Crippen LogP) is 3.60. The van der Waals surface area contributed by atoms with Gasteiger partial charge in [-0.25, -0.2) is 0 Å². The van der Waals surface area contributed by atoms with Crippen molar-refractivity contribution in [2.45, 2.75) is 51.5 Å². The van der Waals surface area contributed by atoms with Gasteiger partial charge in [0.2, 0.25) is 0 Å². The maximum Gasteiger partial charge on any atom is 0.258 e. The van der Waals surface area contributed by atoms with Crippen molar-refractivity contribution in [2.24, 2.45) is 23.2 Å². The van der Waals surface area contributed by atoms with Crippen molar-refractivity contribution >= 4 is 12.2 Å². The van der Waals surface area contributed by atoms with Crippen LogP contribution in [0.15, 0.2) is 24.3 Å². The molecule has 0 aromatic heterocycles. The summed E-state index contributed by atoms with van der Waals surface area (Å²) in [6.07, 6.45) is 8.86. The van der Waals surface area contributed by atoms with Gasteiger partial charge in [-0.15, -0.1) is 0 Å². The van der Waals surface area contributed by atoms with Crippen LogP contribution < -0.4 is 10.1 Å². The van der Waals surface area contributed by atoms with Crippen LogP contribution in [0.1, 0.15) is 55.8 Å². The van der Waals surface area contributed by atoms with E-state index < -0.39 is 0 Å². The molecule has 5 rings (SSSR count). The van der Waals surface area contributed by atoms with E-state index >= 15 is 0 Å².